The molecule has 1 spiro atoms. The number of nitrogens with zero attached hydrogens (tertiary/aromatic N) is 2. The third-order valence-electron chi connectivity index (χ3n) is 3.57. The molecule has 3 rings (SSSR count). The first-order valence-corrected chi connectivity index (χ1v) is 7.05. The van der Waals surface area contributed by atoms with Crippen LogP contribution in [0.3, 0.4) is 0 Å². The van der Waals surface area contributed by atoms with Gasteiger partial charge in [0, 0.05) is 30.8 Å². The van der Waals surface area contributed by atoms with Crippen molar-refractivity contribution in [3.63, 3.8) is 0 Å². The molecule has 0 N–H and O–H groups in total. The van der Waals surface area contributed by atoms with E-state index in [2.05, 4.69) is 4.98 Å². The van der Waals surface area contributed by atoms with Crippen molar-refractivity contribution in [2.24, 2.45) is 0 Å². The van der Waals surface area contributed by atoms with Crippen LogP contribution in [0.5, 0.6) is 0 Å². The smallest absolute Gasteiger partial charge is 0.273 e. The summed E-state index contributed by atoms with van der Waals surface area (Å²) in [4.78, 5) is 19.2. The van der Waals surface area contributed by atoms with Crippen LogP contribution in [-0.2, 0) is 9.47 Å². The van der Waals surface area contributed by atoms with Crippen molar-refractivity contribution >= 4 is 17.2 Å². The fourth-order valence-electron chi connectivity index (χ4n) is 2.50. The molecule has 0 aromatic carbocycles. The molecule has 3 heterocycles. The minimum atomic E-state index is -0.423. The molecule has 5 nitrogen and oxygen atoms in total. The Labute approximate surface area is 110 Å². The van der Waals surface area contributed by atoms with Crippen LogP contribution in [0.1, 0.15) is 28.2 Å². The summed E-state index contributed by atoms with van der Waals surface area (Å²) in [6, 6.07) is 0. The zero-order chi connectivity index (χ0) is 12.6. The number of carbonyl (C=O) groups excluding carboxylic acids is 1. The molecule has 2 fully saturated rings. The van der Waals surface area contributed by atoms with E-state index in [1.165, 1.54) is 11.3 Å². The van der Waals surface area contributed by atoms with Crippen molar-refractivity contribution in [1.82, 2.24) is 9.88 Å². The number of rotatable bonds is 1. The topological polar surface area (TPSA) is 51.7 Å². The lowest BCUT2D eigenvalue weighted by atomic mass is 10.0. The quantitative estimate of drug-likeness (QED) is 0.773. The number of thiazole rings is 1. The number of likely N-dealkylation sites (tertiary alicyclic amines) is 1. The minimum absolute atomic E-state index is 0.0293. The Morgan fingerprint density at radius 2 is 2.06 bits per heavy atom. The van der Waals surface area contributed by atoms with Crippen LogP contribution in [0.2, 0.25) is 0 Å². The van der Waals surface area contributed by atoms with E-state index in [0.717, 1.165) is 17.7 Å². The van der Waals surface area contributed by atoms with Crippen LogP contribution < -0.4 is 0 Å². The number of hydrogen-bond acceptors (Lipinski definition) is 5. The van der Waals surface area contributed by atoms with Gasteiger partial charge in [0.05, 0.1) is 18.7 Å². The van der Waals surface area contributed by atoms with Gasteiger partial charge in [0.1, 0.15) is 5.69 Å². The van der Waals surface area contributed by atoms with E-state index in [4.69, 9.17) is 9.47 Å². The maximum absolute atomic E-state index is 12.3. The van der Waals surface area contributed by atoms with E-state index in [0.29, 0.717) is 32.0 Å². The molecule has 2 saturated heterocycles. The van der Waals surface area contributed by atoms with Gasteiger partial charge in [-0.1, -0.05) is 0 Å². The number of hydrogen-bond donors (Lipinski definition) is 0. The van der Waals surface area contributed by atoms with Gasteiger partial charge in [-0.3, -0.25) is 4.79 Å². The van der Waals surface area contributed by atoms with Gasteiger partial charge in [0.2, 0.25) is 0 Å². The molecule has 0 saturated carbocycles. The molecule has 0 bridgehead atoms. The summed E-state index contributed by atoms with van der Waals surface area (Å²) in [5.41, 5.74) is 2.31. The van der Waals surface area contributed by atoms with E-state index in [9.17, 15) is 4.79 Å². The predicted octanol–water partition coefficient (Wildman–Crippen LogP) is 1.43. The molecule has 0 atom stereocenters. The van der Waals surface area contributed by atoms with Crippen LogP contribution in [0.25, 0.3) is 0 Å². The Hall–Kier alpha value is -0.980. The van der Waals surface area contributed by atoms with E-state index in [-0.39, 0.29) is 5.91 Å². The molecule has 0 radical (unpaired) electrons. The maximum atomic E-state index is 12.3. The highest BCUT2D eigenvalue weighted by Crippen LogP contribution is 2.31. The van der Waals surface area contributed by atoms with Gasteiger partial charge < -0.3 is 14.4 Å². The van der Waals surface area contributed by atoms with Crippen molar-refractivity contribution in [3.8, 4) is 0 Å². The normalized spacial score (nSPS) is 22.6. The molecule has 1 amide bonds. The number of aryl methyl sites for hydroxylation is 1. The van der Waals surface area contributed by atoms with Gasteiger partial charge in [-0.15, -0.1) is 11.3 Å². The fourth-order valence-corrected chi connectivity index (χ4v) is 3.06. The second-order valence-electron chi connectivity index (χ2n) is 4.66. The molecule has 2 aliphatic rings. The maximum Gasteiger partial charge on any atom is 0.273 e. The first kappa shape index (κ1) is 12.1. The average molecular weight is 268 g/mol. The Balaban J connectivity index is 1.66. The van der Waals surface area contributed by atoms with Crippen molar-refractivity contribution in [3.05, 3.63) is 16.1 Å². The first-order valence-electron chi connectivity index (χ1n) is 6.17. The van der Waals surface area contributed by atoms with E-state index in [1.54, 1.807) is 5.51 Å². The van der Waals surface area contributed by atoms with Crippen LogP contribution in [0.15, 0.2) is 5.51 Å². The zero-order valence-corrected chi connectivity index (χ0v) is 11.2. The molecule has 6 heteroatoms. The van der Waals surface area contributed by atoms with Gasteiger partial charge in [-0.25, -0.2) is 4.98 Å². The number of aromatic nitrogens is 1. The Morgan fingerprint density at radius 3 is 2.61 bits per heavy atom. The predicted molar refractivity (Wildman–Crippen MR) is 66.6 cm³/mol. The van der Waals surface area contributed by atoms with Crippen molar-refractivity contribution in [2.75, 3.05) is 26.3 Å². The summed E-state index contributed by atoms with van der Waals surface area (Å²) in [6.45, 7) is 4.61. The van der Waals surface area contributed by atoms with Crippen molar-refractivity contribution in [2.45, 2.75) is 25.6 Å². The van der Waals surface area contributed by atoms with Crippen LogP contribution >= 0.6 is 11.3 Å². The highest BCUT2D eigenvalue weighted by Gasteiger charge is 2.41. The number of piperidine rings is 1. The van der Waals surface area contributed by atoms with Crippen molar-refractivity contribution in [1.29, 1.82) is 0 Å². The Kier molecular flexibility index (Phi) is 3.09. The number of amides is 1. The largest absolute Gasteiger partial charge is 0.347 e. The van der Waals surface area contributed by atoms with Crippen LogP contribution in [0, 0.1) is 6.92 Å². The molecule has 0 unspecified atom stereocenters. The lowest BCUT2D eigenvalue weighted by Gasteiger charge is -2.37. The van der Waals surface area contributed by atoms with E-state index < -0.39 is 5.79 Å². The number of ether oxygens (including phenoxy) is 2. The molecular weight excluding hydrogens is 252 g/mol. The van der Waals surface area contributed by atoms with Crippen molar-refractivity contribution < 1.29 is 14.3 Å². The molecular formula is C12H16N2O3S. The highest BCUT2D eigenvalue weighted by molar-refractivity contribution is 7.09. The van der Waals surface area contributed by atoms with E-state index >= 15 is 0 Å². The van der Waals surface area contributed by atoms with Gasteiger partial charge in [-0.05, 0) is 6.92 Å². The molecule has 18 heavy (non-hydrogen) atoms. The minimum Gasteiger partial charge on any atom is -0.347 e. The second-order valence-corrected chi connectivity index (χ2v) is 5.72. The standard InChI is InChI=1S/C12H16N2O3S/c1-9-10(13-8-18-9)11(15)14-4-2-12(3-5-14)16-6-7-17-12/h8H,2-7H2,1H3. The molecule has 98 valence electrons. The highest BCUT2D eigenvalue weighted by atomic mass is 32.1. The summed E-state index contributed by atoms with van der Waals surface area (Å²) in [5.74, 6) is -0.393. The average Bonchev–Trinajstić information content (AvgIpc) is 2.99. The van der Waals surface area contributed by atoms with E-state index in [1.807, 2.05) is 11.8 Å². The third-order valence-corrected chi connectivity index (χ3v) is 4.33. The summed E-state index contributed by atoms with van der Waals surface area (Å²) < 4.78 is 11.3. The molecule has 1 aromatic rings. The Bertz CT molecular complexity index is 444. The van der Waals surface area contributed by atoms with Crippen LogP contribution in [-0.4, -0.2) is 47.9 Å². The van der Waals surface area contributed by atoms with Gasteiger partial charge in [0.25, 0.3) is 5.91 Å². The number of carbonyl (C=O) groups is 1. The summed E-state index contributed by atoms with van der Waals surface area (Å²) in [7, 11) is 0. The lowest BCUT2D eigenvalue weighted by molar-refractivity contribution is -0.181. The summed E-state index contributed by atoms with van der Waals surface area (Å²) >= 11 is 1.51. The fraction of sp³-hybridized carbons (Fsp3) is 0.667. The van der Waals surface area contributed by atoms with Gasteiger partial charge in [0.15, 0.2) is 5.79 Å². The van der Waals surface area contributed by atoms with Crippen LogP contribution in [0.4, 0.5) is 0 Å². The molecule has 1 aromatic heterocycles. The second kappa shape index (κ2) is 4.60. The first-order chi connectivity index (χ1) is 8.70. The SMILES string of the molecule is Cc1scnc1C(=O)N1CCC2(CC1)OCCO2. The van der Waals surface area contributed by atoms with Gasteiger partial charge >= 0.3 is 0 Å². The molecule has 2 aliphatic heterocycles. The lowest BCUT2D eigenvalue weighted by Crippen LogP contribution is -2.47. The monoisotopic (exact) mass is 268 g/mol. The summed E-state index contributed by atoms with van der Waals surface area (Å²) in [6.07, 6.45) is 1.50. The molecule has 0 aliphatic carbocycles. The third kappa shape index (κ3) is 2.04. The zero-order valence-electron chi connectivity index (χ0n) is 10.3. The Morgan fingerprint density at radius 1 is 1.39 bits per heavy atom. The van der Waals surface area contributed by atoms with Gasteiger partial charge in [-0.2, -0.15) is 0 Å². The summed E-state index contributed by atoms with van der Waals surface area (Å²) in [5, 5.41) is 0.